The number of hydrogen-bond donors (Lipinski definition) is 0. The Morgan fingerprint density at radius 3 is 1.51 bits per heavy atom. The fourth-order valence-corrected chi connectivity index (χ4v) is 5.34. The predicted octanol–water partition coefficient (Wildman–Crippen LogP) is 8.37. The number of fused-ring (bicyclic) bond motifs is 1. The van der Waals surface area contributed by atoms with Gasteiger partial charge in [-0.3, -0.25) is 0 Å². The number of aromatic nitrogens is 2. The van der Waals surface area contributed by atoms with Gasteiger partial charge in [-0.25, -0.2) is 9.97 Å². The first kappa shape index (κ1) is 23.0. The van der Waals surface area contributed by atoms with E-state index in [1.165, 1.54) is 16.7 Å². The summed E-state index contributed by atoms with van der Waals surface area (Å²) in [6.07, 6.45) is -0.00431. The Morgan fingerprint density at radius 2 is 0.973 bits per heavy atom. The van der Waals surface area contributed by atoms with E-state index in [4.69, 9.17) is 9.97 Å². The van der Waals surface area contributed by atoms with Gasteiger partial charge in [-0.05, 0) is 62.6 Å². The van der Waals surface area contributed by atoms with Gasteiger partial charge in [-0.2, -0.15) is 0 Å². The number of rotatable bonds is 4. The molecule has 0 amide bonds. The molecule has 4 heteroatoms. The summed E-state index contributed by atoms with van der Waals surface area (Å²) in [6, 6.07) is 35.9. The molecule has 6 rings (SSSR count). The van der Waals surface area contributed by atoms with Gasteiger partial charge >= 0.3 is 0 Å². The van der Waals surface area contributed by atoms with Gasteiger partial charge in [-0.15, -0.1) is 0 Å². The van der Waals surface area contributed by atoms with Crippen LogP contribution in [0.4, 0.5) is 23.0 Å². The Bertz CT molecular complexity index is 1590. The lowest BCUT2D eigenvalue weighted by atomic mass is 9.98. The molecule has 5 aromatic rings. The van der Waals surface area contributed by atoms with Crippen molar-refractivity contribution in [3.8, 4) is 22.5 Å². The van der Waals surface area contributed by atoms with Crippen molar-refractivity contribution in [2.75, 3.05) is 9.80 Å². The van der Waals surface area contributed by atoms with E-state index >= 15 is 0 Å². The Morgan fingerprint density at radius 1 is 0.514 bits per heavy atom. The van der Waals surface area contributed by atoms with Crippen LogP contribution in [0.1, 0.15) is 23.6 Å². The van der Waals surface area contributed by atoms with E-state index in [9.17, 15) is 0 Å². The highest BCUT2D eigenvalue weighted by Crippen LogP contribution is 2.48. The minimum atomic E-state index is -0.00431. The van der Waals surface area contributed by atoms with E-state index in [2.05, 4.69) is 141 Å². The fraction of sp³-hybridized carbons (Fsp3) is 0.152. The maximum atomic E-state index is 5.45. The summed E-state index contributed by atoms with van der Waals surface area (Å²) >= 11 is 0. The lowest BCUT2D eigenvalue weighted by Crippen LogP contribution is -2.35. The quantitative estimate of drug-likeness (QED) is 0.257. The minimum absolute atomic E-state index is 0.00431. The number of aryl methyl sites for hydroxylation is 3. The molecule has 1 aliphatic heterocycles. The second-order valence-electron chi connectivity index (χ2n) is 9.69. The average Bonchev–Trinajstić information content (AvgIpc) is 3.20. The minimum Gasteiger partial charge on any atom is -0.302 e. The molecular weight excluding hydrogens is 452 g/mol. The largest absolute Gasteiger partial charge is 0.302 e. The van der Waals surface area contributed by atoms with Gasteiger partial charge in [0.1, 0.15) is 6.17 Å². The third kappa shape index (κ3) is 3.86. The fourth-order valence-electron chi connectivity index (χ4n) is 5.34. The summed E-state index contributed by atoms with van der Waals surface area (Å²) in [5, 5.41) is 0. The van der Waals surface area contributed by atoms with E-state index in [0.717, 1.165) is 45.5 Å². The Labute approximate surface area is 218 Å². The summed E-state index contributed by atoms with van der Waals surface area (Å²) < 4.78 is 0. The maximum Gasteiger partial charge on any atom is 0.179 e. The first-order valence-corrected chi connectivity index (χ1v) is 12.8. The van der Waals surface area contributed by atoms with Gasteiger partial charge in [-0.1, -0.05) is 84.9 Å². The van der Waals surface area contributed by atoms with Crippen molar-refractivity contribution in [1.82, 2.24) is 9.97 Å². The summed E-state index contributed by atoms with van der Waals surface area (Å²) in [5.74, 6) is 1.75. The maximum absolute atomic E-state index is 5.45. The molecule has 0 spiro atoms. The molecule has 0 fully saturated rings. The van der Waals surface area contributed by atoms with Crippen LogP contribution in [0.5, 0.6) is 0 Å². The molecule has 1 aliphatic rings. The summed E-state index contributed by atoms with van der Waals surface area (Å²) in [4.78, 5) is 15.5. The summed E-state index contributed by atoms with van der Waals surface area (Å²) in [5.41, 5.74) is 9.83. The first-order chi connectivity index (χ1) is 18.0. The van der Waals surface area contributed by atoms with Crippen LogP contribution >= 0.6 is 0 Å². The van der Waals surface area contributed by atoms with Gasteiger partial charge < -0.3 is 9.80 Å². The molecule has 0 saturated carbocycles. The molecule has 1 unspecified atom stereocenters. The topological polar surface area (TPSA) is 32.3 Å². The van der Waals surface area contributed by atoms with Crippen molar-refractivity contribution in [3.05, 3.63) is 120 Å². The zero-order chi connectivity index (χ0) is 25.5. The van der Waals surface area contributed by atoms with Crippen LogP contribution in [0.25, 0.3) is 22.5 Å². The number of benzene rings is 4. The van der Waals surface area contributed by atoms with Crippen molar-refractivity contribution < 1.29 is 0 Å². The molecular formula is C33H30N4. The van der Waals surface area contributed by atoms with Crippen molar-refractivity contribution in [3.63, 3.8) is 0 Å². The molecule has 2 heterocycles. The highest BCUT2D eigenvalue weighted by atomic mass is 15.5. The zero-order valence-electron chi connectivity index (χ0n) is 21.7. The Kier molecular flexibility index (Phi) is 5.72. The van der Waals surface area contributed by atoms with Crippen LogP contribution in [0.2, 0.25) is 0 Å². The van der Waals surface area contributed by atoms with E-state index in [1.807, 2.05) is 0 Å². The third-order valence-corrected chi connectivity index (χ3v) is 7.27. The van der Waals surface area contributed by atoms with Crippen LogP contribution in [0.15, 0.2) is 103 Å². The van der Waals surface area contributed by atoms with Gasteiger partial charge in [0, 0.05) is 22.5 Å². The molecule has 0 bridgehead atoms. The normalized spacial score (nSPS) is 14.6. The SMILES string of the molecule is Cc1ccccc1-c1nc2c(nc1-c1ccccc1C)N(c1ccccc1C)C(C)N2c1ccccc1. The standard InChI is InChI=1S/C33H30N4/c1-22-14-8-11-19-27(22)30-31(28-20-12-9-15-23(28)2)35-33-32(34-30)36(26-17-6-5-7-18-26)25(4)37(33)29-21-13-10-16-24(29)3/h5-21,25H,1-4H3. The van der Waals surface area contributed by atoms with Gasteiger partial charge in [0.25, 0.3) is 0 Å². The van der Waals surface area contributed by atoms with Crippen molar-refractivity contribution in [2.45, 2.75) is 33.9 Å². The number of nitrogens with zero attached hydrogens (tertiary/aromatic N) is 4. The van der Waals surface area contributed by atoms with Crippen LogP contribution in [-0.2, 0) is 0 Å². The van der Waals surface area contributed by atoms with Crippen LogP contribution in [-0.4, -0.2) is 16.1 Å². The van der Waals surface area contributed by atoms with Gasteiger partial charge in [0.2, 0.25) is 0 Å². The van der Waals surface area contributed by atoms with E-state index in [0.29, 0.717) is 0 Å². The monoisotopic (exact) mass is 482 g/mol. The third-order valence-electron chi connectivity index (χ3n) is 7.27. The molecule has 182 valence electrons. The van der Waals surface area contributed by atoms with E-state index < -0.39 is 0 Å². The highest BCUT2D eigenvalue weighted by molar-refractivity contribution is 5.90. The summed E-state index contributed by atoms with van der Waals surface area (Å²) in [7, 11) is 0. The van der Waals surface area contributed by atoms with Crippen molar-refractivity contribution >= 4 is 23.0 Å². The lowest BCUT2D eigenvalue weighted by molar-refractivity contribution is 0.752. The van der Waals surface area contributed by atoms with E-state index in [-0.39, 0.29) is 6.17 Å². The average molecular weight is 483 g/mol. The lowest BCUT2D eigenvalue weighted by Gasteiger charge is -2.30. The number of anilines is 4. The molecule has 0 N–H and O–H groups in total. The van der Waals surface area contributed by atoms with E-state index in [1.54, 1.807) is 0 Å². The molecule has 0 radical (unpaired) electrons. The Balaban J connectivity index is 1.69. The highest BCUT2D eigenvalue weighted by Gasteiger charge is 2.39. The zero-order valence-corrected chi connectivity index (χ0v) is 21.7. The molecule has 37 heavy (non-hydrogen) atoms. The number of hydrogen-bond acceptors (Lipinski definition) is 4. The smallest absolute Gasteiger partial charge is 0.179 e. The van der Waals surface area contributed by atoms with Crippen LogP contribution in [0, 0.1) is 20.8 Å². The predicted molar refractivity (Wildman–Crippen MR) is 154 cm³/mol. The first-order valence-electron chi connectivity index (χ1n) is 12.8. The Hall–Kier alpha value is -4.44. The van der Waals surface area contributed by atoms with Crippen LogP contribution in [0.3, 0.4) is 0 Å². The molecule has 4 nitrogen and oxygen atoms in total. The molecule has 4 aromatic carbocycles. The van der Waals surface area contributed by atoms with Crippen molar-refractivity contribution in [2.24, 2.45) is 0 Å². The van der Waals surface area contributed by atoms with Crippen molar-refractivity contribution in [1.29, 1.82) is 0 Å². The second-order valence-corrected chi connectivity index (χ2v) is 9.69. The molecule has 0 saturated heterocycles. The van der Waals surface area contributed by atoms with Gasteiger partial charge in [0.15, 0.2) is 11.6 Å². The van der Waals surface area contributed by atoms with Gasteiger partial charge in [0.05, 0.1) is 11.4 Å². The number of para-hydroxylation sites is 2. The van der Waals surface area contributed by atoms with Crippen LogP contribution < -0.4 is 9.80 Å². The molecule has 0 aliphatic carbocycles. The summed E-state index contributed by atoms with van der Waals surface area (Å²) in [6.45, 7) is 8.67. The molecule has 1 aromatic heterocycles. The second kappa shape index (κ2) is 9.21. The molecule has 1 atom stereocenters.